The van der Waals surface area contributed by atoms with Gasteiger partial charge in [-0.05, 0) is 24.2 Å². The van der Waals surface area contributed by atoms with Gasteiger partial charge in [0.15, 0.2) is 0 Å². The fourth-order valence-corrected chi connectivity index (χ4v) is 4.83. The highest BCUT2D eigenvalue weighted by Gasteiger charge is 2.22. The quantitative estimate of drug-likeness (QED) is 0.504. The molecule has 0 amide bonds. The van der Waals surface area contributed by atoms with Gasteiger partial charge in [-0.15, -0.1) is 0 Å². The minimum absolute atomic E-state index is 1.07. The van der Waals surface area contributed by atoms with Crippen LogP contribution < -0.4 is 0 Å². The van der Waals surface area contributed by atoms with Crippen molar-refractivity contribution in [1.29, 1.82) is 0 Å². The lowest BCUT2D eigenvalue weighted by molar-refractivity contribution is 0.218. The molecule has 2 aliphatic carbocycles. The van der Waals surface area contributed by atoms with Crippen molar-refractivity contribution in [1.82, 2.24) is 0 Å². The van der Waals surface area contributed by atoms with E-state index in [0.717, 1.165) is 17.8 Å². The molecule has 2 rings (SSSR count). The van der Waals surface area contributed by atoms with E-state index in [9.17, 15) is 0 Å². The Morgan fingerprint density at radius 2 is 0.857 bits per heavy atom. The van der Waals surface area contributed by atoms with E-state index in [1.807, 2.05) is 0 Å². The highest BCUT2D eigenvalue weighted by atomic mass is 14.3. The third-order valence-electron chi connectivity index (χ3n) is 6.44. The van der Waals surface area contributed by atoms with E-state index in [4.69, 9.17) is 0 Å². The molecule has 0 aromatic carbocycles. The summed E-state index contributed by atoms with van der Waals surface area (Å²) in [4.78, 5) is 0. The molecule has 2 fully saturated rings. The lowest BCUT2D eigenvalue weighted by Gasteiger charge is -2.30. The van der Waals surface area contributed by atoms with Gasteiger partial charge in [0, 0.05) is 0 Å². The maximum absolute atomic E-state index is 2.39. The molecule has 2 saturated carbocycles. The van der Waals surface area contributed by atoms with Crippen LogP contribution in [0, 0.1) is 17.8 Å². The average molecular weight is 293 g/mol. The van der Waals surface area contributed by atoms with Gasteiger partial charge in [-0.1, -0.05) is 110 Å². The number of hydrogen-bond acceptors (Lipinski definition) is 0. The van der Waals surface area contributed by atoms with E-state index in [0.29, 0.717) is 0 Å². The van der Waals surface area contributed by atoms with Crippen LogP contribution in [0.4, 0.5) is 0 Å². The van der Waals surface area contributed by atoms with Crippen LogP contribution in [0.2, 0.25) is 0 Å². The molecule has 0 aromatic heterocycles. The highest BCUT2D eigenvalue weighted by molar-refractivity contribution is 4.75. The van der Waals surface area contributed by atoms with Crippen LogP contribution in [0.5, 0.6) is 0 Å². The first-order valence-corrected chi connectivity index (χ1v) is 10.4. The molecule has 124 valence electrons. The van der Waals surface area contributed by atoms with Gasteiger partial charge in [-0.2, -0.15) is 0 Å². The molecule has 2 aliphatic rings. The minimum Gasteiger partial charge on any atom is -0.0651 e. The third-order valence-corrected chi connectivity index (χ3v) is 6.44. The van der Waals surface area contributed by atoms with E-state index in [1.54, 1.807) is 32.1 Å². The van der Waals surface area contributed by atoms with E-state index in [1.165, 1.54) is 77.0 Å². The summed E-state index contributed by atoms with van der Waals surface area (Å²) in [6, 6.07) is 0. The lowest BCUT2D eigenvalue weighted by Crippen LogP contribution is -2.17. The fourth-order valence-electron chi connectivity index (χ4n) is 4.83. The smallest absolute Gasteiger partial charge is 0.0411 e. The van der Waals surface area contributed by atoms with Crippen molar-refractivity contribution in [3.05, 3.63) is 0 Å². The van der Waals surface area contributed by atoms with Crippen LogP contribution in [0.15, 0.2) is 0 Å². The van der Waals surface area contributed by atoms with Crippen molar-refractivity contribution in [3.63, 3.8) is 0 Å². The Bertz CT molecular complexity index is 224. The molecular weight excluding hydrogens is 252 g/mol. The second-order valence-electron chi connectivity index (χ2n) is 8.16. The van der Waals surface area contributed by atoms with Gasteiger partial charge in [0.2, 0.25) is 0 Å². The molecule has 0 atom stereocenters. The van der Waals surface area contributed by atoms with Crippen LogP contribution in [0.25, 0.3) is 0 Å². The topological polar surface area (TPSA) is 0 Å². The van der Waals surface area contributed by atoms with Gasteiger partial charge in [0.1, 0.15) is 0 Å². The maximum Gasteiger partial charge on any atom is -0.0411 e. The molecular formula is C21H40. The second kappa shape index (κ2) is 10.7. The predicted molar refractivity (Wildman–Crippen MR) is 94.6 cm³/mol. The Balaban J connectivity index is 1.70. The van der Waals surface area contributed by atoms with Crippen molar-refractivity contribution < 1.29 is 0 Å². The first-order valence-electron chi connectivity index (χ1n) is 10.4. The molecule has 0 heterocycles. The molecule has 0 bridgehead atoms. The lowest BCUT2D eigenvalue weighted by atomic mass is 9.75. The molecule has 0 heteroatoms. The zero-order valence-corrected chi connectivity index (χ0v) is 14.8. The van der Waals surface area contributed by atoms with E-state index in [-0.39, 0.29) is 0 Å². The summed E-state index contributed by atoms with van der Waals surface area (Å²) >= 11 is 0. The molecule has 0 aliphatic heterocycles. The summed E-state index contributed by atoms with van der Waals surface area (Å²) in [6.45, 7) is 2.39. The number of rotatable bonds is 3. The molecule has 0 saturated heterocycles. The molecule has 0 spiro atoms. The first kappa shape index (κ1) is 17.4. The molecule has 0 N–H and O–H groups in total. The standard InChI is InChI=1S/C21H40/c1-2-19-14-16-21(17-15-19)18-20-12-10-8-6-4-3-5-7-9-11-13-20/h19-21H,2-18H2,1H3. The minimum atomic E-state index is 1.07. The summed E-state index contributed by atoms with van der Waals surface area (Å²) in [5.41, 5.74) is 0. The van der Waals surface area contributed by atoms with Gasteiger partial charge in [0.25, 0.3) is 0 Å². The normalized spacial score (nSPS) is 31.3. The summed E-state index contributed by atoms with van der Waals surface area (Å²) in [6.07, 6.45) is 25.9. The Labute approximate surface area is 134 Å². The molecule has 0 nitrogen and oxygen atoms in total. The SMILES string of the molecule is CCC1CCC(CC2CCCCCCCCCCC2)CC1. The van der Waals surface area contributed by atoms with Crippen LogP contribution in [-0.2, 0) is 0 Å². The summed E-state index contributed by atoms with van der Waals surface area (Å²) in [5, 5.41) is 0. The van der Waals surface area contributed by atoms with Crippen molar-refractivity contribution >= 4 is 0 Å². The zero-order valence-electron chi connectivity index (χ0n) is 14.8. The largest absolute Gasteiger partial charge is 0.0651 e. The molecule has 0 radical (unpaired) electrons. The third kappa shape index (κ3) is 7.20. The highest BCUT2D eigenvalue weighted by Crippen LogP contribution is 2.36. The van der Waals surface area contributed by atoms with Crippen LogP contribution in [-0.4, -0.2) is 0 Å². The first-order chi connectivity index (χ1) is 10.4. The number of hydrogen-bond donors (Lipinski definition) is 0. The zero-order chi connectivity index (χ0) is 14.8. The van der Waals surface area contributed by atoms with Gasteiger partial charge in [-0.3, -0.25) is 0 Å². The monoisotopic (exact) mass is 292 g/mol. The van der Waals surface area contributed by atoms with Gasteiger partial charge in [-0.25, -0.2) is 0 Å². The predicted octanol–water partition coefficient (Wildman–Crippen LogP) is 7.51. The Hall–Kier alpha value is 0. The summed E-state index contributed by atoms with van der Waals surface area (Å²) < 4.78 is 0. The Morgan fingerprint density at radius 3 is 1.33 bits per heavy atom. The summed E-state index contributed by atoms with van der Waals surface area (Å²) in [5.74, 6) is 3.23. The Morgan fingerprint density at radius 1 is 0.476 bits per heavy atom. The van der Waals surface area contributed by atoms with E-state index >= 15 is 0 Å². The van der Waals surface area contributed by atoms with Crippen molar-refractivity contribution in [2.75, 3.05) is 0 Å². The molecule has 21 heavy (non-hydrogen) atoms. The average Bonchev–Trinajstić information content (AvgIpc) is 2.51. The van der Waals surface area contributed by atoms with Crippen molar-refractivity contribution in [2.24, 2.45) is 17.8 Å². The van der Waals surface area contributed by atoms with Crippen molar-refractivity contribution in [2.45, 2.75) is 116 Å². The van der Waals surface area contributed by atoms with E-state index in [2.05, 4.69) is 6.92 Å². The van der Waals surface area contributed by atoms with E-state index < -0.39 is 0 Å². The summed E-state index contributed by atoms with van der Waals surface area (Å²) in [7, 11) is 0. The van der Waals surface area contributed by atoms with Crippen LogP contribution in [0.1, 0.15) is 116 Å². The molecule has 0 aromatic rings. The fraction of sp³-hybridized carbons (Fsp3) is 1.00. The van der Waals surface area contributed by atoms with Crippen LogP contribution in [0.3, 0.4) is 0 Å². The van der Waals surface area contributed by atoms with Gasteiger partial charge in [0.05, 0.1) is 0 Å². The van der Waals surface area contributed by atoms with Crippen molar-refractivity contribution in [3.8, 4) is 0 Å². The van der Waals surface area contributed by atoms with Crippen LogP contribution >= 0.6 is 0 Å². The maximum atomic E-state index is 2.39. The van der Waals surface area contributed by atoms with Gasteiger partial charge >= 0.3 is 0 Å². The molecule has 0 unspecified atom stereocenters. The van der Waals surface area contributed by atoms with Gasteiger partial charge < -0.3 is 0 Å². The Kier molecular flexibility index (Phi) is 8.83. The second-order valence-corrected chi connectivity index (χ2v) is 8.16.